The standard InChI is InChI=1S/C16H22N2O2/c1-2-9-17-15(19)13-7-6-8-14(12-13)16(20)18-10-4-3-5-11-18/h6-8,12H,2-5,9-11H2,1H3,(H,17,19). The van der Waals surface area contributed by atoms with Gasteiger partial charge in [0.1, 0.15) is 0 Å². The van der Waals surface area contributed by atoms with Crippen LogP contribution in [0.15, 0.2) is 24.3 Å². The summed E-state index contributed by atoms with van der Waals surface area (Å²) in [6.45, 7) is 4.32. The summed E-state index contributed by atoms with van der Waals surface area (Å²) in [5.41, 5.74) is 1.16. The number of hydrogen-bond donors (Lipinski definition) is 1. The Labute approximate surface area is 120 Å². The Kier molecular flexibility index (Phi) is 5.16. The van der Waals surface area contributed by atoms with E-state index in [0.29, 0.717) is 17.7 Å². The molecule has 1 heterocycles. The summed E-state index contributed by atoms with van der Waals surface area (Å²) in [6.07, 6.45) is 4.24. The molecule has 0 aromatic heterocycles. The van der Waals surface area contributed by atoms with Gasteiger partial charge in [-0.1, -0.05) is 13.0 Å². The number of nitrogens with zero attached hydrogens (tertiary/aromatic N) is 1. The molecule has 2 rings (SSSR count). The molecule has 20 heavy (non-hydrogen) atoms. The quantitative estimate of drug-likeness (QED) is 0.917. The number of carbonyl (C=O) groups excluding carboxylic acids is 2. The third kappa shape index (κ3) is 3.59. The first-order valence-corrected chi connectivity index (χ1v) is 7.40. The summed E-state index contributed by atoms with van der Waals surface area (Å²) in [6, 6.07) is 7.01. The summed E-state index contributed by atoms with van der Waals surface area (Å²) >= 11 is 0. The Balaban J connectivity index is 2.08. The van der Waals surface area contributed by atoms with Crippen LogP contribution in [0.4, 0.5) is 0 Å². The van der Waals surface area contributed by atoms with Gasteiger partial charge in [-0.05, 0) is 43.9 Å². The van der Waals surface area contributed by atoms with Crippen LogP contribution in [-0.4, -0.2) is 36.3 Å². The minimum Gasteiger partial charge on any atom is -0.352 e. The zero-order valence-corrected chi connectivity index (χ0v) is 12.0. The molecule has 4 heteroatoms. The van der Waals surface area contributed by atoms with Crippen molar-refractivity contribution in [1.29, 1.82) is 0 Å². The van der Waals surface area contributed by atoms with Gasteiger partial charge < -0.3 is 10.2 Å². The Morgan fingerprint density at radius 2 is 1.85 bits per heavy atom. The lowest BCUT2D eigenvalue weighted by Crippen LogP contribution is -2.35. The largest absolute Gasteiger partial charge is 0.352 e. The Hall–Kier alpha value is -1.84. The van der Waals surface area contributed by atoms with Crippen molar-refractivity contribution >= 4 is 11.8 Å². The van der Waals surface area contributed by atoms with E-state index >= 15 is 0 Å². The van der Waals surface area contributed by atoms with Gasteiger partial charge >= 0.3 is 0 Å². The average Bonchev–Trinajstić information content (AvgIpc) is 2.52. The third-order valence-corrected chi connectivity index (χ3v) is 3.55. The predicted octanol–water partition coefficient (Wildman–Crippen LogP) is 2.45. The smallest absolute Gasteiger partial charge is 0.253 e. The van der Waals surface area contributed by atoms with Gasteiger partial charge in [-0.15, -0.1) is 0 Å². The number of piperidine rings is 1. The molecule has 0 spiro atoms. The molecule has 0 unspecified atom stereocenters. The second-order valence-corrected chi connectivity index (χ2v) is 5.19. The fraction of sp³-hybridized carbons (Fsp3) is 0.500. The number of carbonyl (C=O) groups is 2. The summed E-state index contributed by atoms with van der Waals surface area (Å²) < 4.78 is 0. The van der Waals surface area contributed by atoms with Crippen LogP contribution in [-0.2, 0) is 0 Å². The molecule has 1 aliphatic heterocycles. The van der Waals surface area contributed by atoms with Crippen molar-refractivity contribution in [2.75, 3.05) is 19.6 Å². The fourth-order valence-electron chi connectivity index (χ4n) is 2.41. The second kappa shape index (κ2) is 7.08. The lowest BCUT2D eigenvalue weighted by Gasteiger charge is -2.26. The molecular weight excluding hydrogens is 252 g/mol. The molecule has 4 nitrogen and oxygen atoms in total. The average molecular weight is 274 g/mol. The SMILES string of the molecule is CCCNC(=O)c1cccc(C(=O)N2CCCCC2)c1. The van der Waals surface area contributed by atoms with Crippen LogP contribution in [0.1, 0.15) is 53.3 Å². The van der Waals surface area contributed by atoms with E-state index in [-0.39, 0.29) is 11.8 Å². The number of likely N-dealkylation sites (tertiary alicyclic amines) is 1. The number of benzene rings is 1. The highest BCUT2D eigenvalue weighted by atomic mass is 16.2. The maximum absolute atomic E-state index is 12.4. The highest BCUT2D eigenvalue weighted by molar-refractivity contribution is 5.99. The minimum absolute atomic E-state index is 0.0369. The van der Waals surface area contributed by atoms with Gasteiger partial charge in [0.05, 0.1) is 0 Å². The van der Waals surface area contributed by atoms with E-state index in [1.807, 2.05) is 11.8 Å². The Morgan fingerprint density at radius 3 is 2.55 bits per heavy atom. The van der Waals surface area contributed by atoms with Crippen LogP contribution in [0.2, 0.25) is 0 Å². The molecular formula is C16H22N2O2. The highest BCUT2D eigenvalue weighted by Gasteiger charge is 2.18. The van der Waals surface area contributed by atoms with Crippen LogP contribution in [0, 0.1) is 0 Å². The van der Waals surface area contributed by atoms with Crippen LogP contribution >= 0.6 is 0 Å². The molecule has 1 saturated heterocycles. The maximum Gasteiger partial charge on any atom is 0.253 e. The summed E-state index contributed by atoms with van der Waals surface area (Å²) in [7, 11) is 0. The van der Waals surface area contributed by atoms with Crippen molar-refractivity contribution in [3.05, 3.63) is 35.4 Å². The molecule has 1 fully saturated rings. The van der Waals surface area contributed by atoms with Gasteiger partial charge in [-0.3, -0.25) is 9.59 Å². The molecule has 108 valence electrons. The topological polar surface area (TPSA) is 49.4 Å². The van der Waals surface area contributed by atoms with E-state index < -0.39 is 0 Å². The molecule has 0 atom stereocenters. The second-order valence-electron chi connectivity index (χ2n) is 5.19. The van der Waals surface area contributed by atoms with Crippen LogP contribution in [0.5, 0.6) is 0 Å². The van der Waals surface area contributed by atoms with Gasteiger partial charge in [-0.25, -0.2) is 0 Å². The van der Waals surface area contributed by atoms with Gasteiger partial charge in [0, 0.05) is 30.8 Å². The van der Waals surface area contributed by atoms with E-state index in [1.165, 1.54) is 6.42 Å². The number of amides is 2. The van der Waals surface area contributed by atoms with Crippen LogP contribution < -0.4 is 5.32 Å². The Morgan fingerprint density at radius 1 is 1.15 bits per heavy atom. The van der Waals surface area contributed by atoms with E-state index in [2.05, 4.69) is 5.32 Å². The van der Waals surface area contributed by atoms with Gasteiger partial charge in [0.15, 0.2) is 0 Å². The molecule has 1 aliphatic rings. The lowest BCUT2D eigenvalue weighted by molar-refractivity contribution is 0.0724. The van der Waals surface area contributed by atoms with E-state index in [0.717, 1.165) is 32.4 Å². The molecule has 1 aromatic rings. The number of hydrogen-bond acceptors (Lipinski definition) is 2. The molecule has 1 N–H and O–H groups in total. The lowest BCUT2D eigenvalue weighted by atomic mass is 10.1. The normalized spacial score (nSPS) is 14.9. The third-order valence-electron chi connectivity index (χ3n) is 3.55. The van der Waals surface area contributed by atoms with E-state index in [1.54, 1.807) is 24.3 Å². The van der Waals surface area contributed by atoms with Crippen molar-refractivity contribution in [3.63, 3.8) is 0 Å². The summed E-state index contributed by atoms with van der Waals surface area (Å²) in [5, 5.41) is 2.83. The molecule has 0 aliphatic carbocycles. The van der Waals surface area contributed by atoms with E-state index in [4.69, 9.17) is 0 Å². The first-order chi connectivity index (χ1) is 9.72. The van der Waals surface area contributed by atoms with Crippen molar-refractivity contribution in [3.8, 4) is 0 Å². The fourth-order valence-corrected chi connectivity index (χ4v) is 2.41. The van der Waals surface area contributed by atoms with Gasteiger partial charge in [0.2, 0.25) is 0 Å². The minimum atomic E-state index is -0.111. The molecule has 0 radical (unpaired) electrons. The van der Waals surface area contributed by atoms with Crippen LogP contribution in [0.25, 0.3) is 0 Å². The van der Waals surface area contributed by atoms with Gasteiger partial charge in [-0.2, -0.15) is 0 Å². The highest BCUT2D eigenvalue weighted by Crippen LogP contribution is 2.14. The van der Waals surface area contributed by atoms with Crippen LogP contribution in [0.3, 0.4) is 0 Å². The van der Waals surface area contributed by atoms with Crippen molar-refractivity contribution < 1.29 is 9.59 Å². The first kappa shape index (κ1) is 14.6. The zero-order valence-electron chi connectivity index (χ0n) is 12.0. The number of nitrogens with one attached hydrogen (secondary N) is 1. The predicted molar refractivity (Wildman–Crippen MR) is 78.8 cm³/mol. The molecule has 0 bridgehead atoms. The summed E-state index contributed by atoms with van der Waals surface area (Å²) in [4.78, 5) is 26.2. The molecule has 1 aromatic carbocycles. The monoisotopic (exact) mass is 274 g/mol. The van der Waals surface area contributed by atoms with Gasteiger partial charge in [0.25, 0.3) is 11.8 Å². The molecule has 2 amide bonds. The first-order valence-electron chi connectivity index (χ1n) is 7.40. The molecule has 0 saturated carbocycles. The number of rotatable bonds is 4. The Bertz CT molecular complexity index is 479. The van der Waals surface area contributed by atoms with Crippen molar-refractivity contribution in [2.24, 2.45) is 0 Å². The zero-order chi connectivity index (χ0) is 14.4. The van der Waals surface area contributed by atoms with Crippen molar-refractivity contribution in [2.45, 2.75) is 32.6 Å². The van der Waals surface area contributed by atoms with E-state index in [9.17, 15) is 9.59 Å². The summed E-state index contributed by atoms with van der Waals surface area (Å²) in [5.74, 6) is -0.0741. The maximum atomic E-state index is 12.4. The van der Waals surface area contributed by atoms with Crippen molar-refractivity contribution in [1.82, 2.24) is 10.2 Å².